The number of piperazine rings is 1. The van der Waals surface area contributed by atoms with E-state index in [9.17, 15) is 9.59 Å². The maximum Gasteiger partial charge on any atom is 0.245 e. The van der Waals surface area contributed by atoms with E-state index < -0.39 is 5.54 Å². The van der Waals surface area contributed by atoms with Crippen molar-refractivity contribution >= 4 is 27.7 Å². The molecule has 1 saturated heterocycles. The molecule has 0 saturated carbocycles. The van der Waals surface area contributed by atoms with E-state index in [0.717, 1.165) is 10.2 Å². The molecule has 1 aromatic rings. The van der Waals surface area contributed by atoms with Gasteiger partial charge >= 0.3 is 0 Å². The second-order valence-corrected chi connectivity index (χ2v) is 6.33. The van der Waals surface area contributed by atoms with Crippen molar-refractivity contribution in [3.05, 3.63) is 28.7 Å². The van der Waals surface area contributed by atoms with Gasteiger partial charge < -0.3 is 15.0 Å². The first-order valence-electron chi connectivity index (χ1n) is 6.88. The van der Waals surface area contributed by atoms with Gasteiger partial charge in [-0.15, -0.1) is 0 Å². The molecule has 0 bridgehead atoms. The van der Waals surface area contributed by atoms with Gasteiger partial charge in [0.2, 0.25) is 11.8 Å². The van der Waals surface area contributed by atoms with Crippen molar-refractivity contribution in [1.82, 2.24) is 10.2 Å². The van der Waals surface area contributed by atoms with Crippen molar-refractivity contribution in [1.29, 1.82) is 0 Å². The first-order valence-corrected chi connectivity index (χ1v) is 7.67. The molecule has 6 heteroatoms. The predicted octanol–water partition coefficient (Wildman–Crippen LogP) is 1.95. The third-order valence-corrected chi connectivity index (χ3v) is 4.08. The molecule has 114 valence electrons. The van der Waals surface area contributed by atoms with Crippen molar-refractivity contribution in [3.8, 4) is 5.75 Å². The molecule has 0 atom stereocenters. The fourth-order valence-corrected chi connectivity index (χ4v) is 2.52. The molecule has 1 aliphatic heterocycles. The monoisotopic (exact) mass is 354 g/mol. The van der Waals surface area contributed by atoms with E-state index in [-0.39, 0.29) is 18.2 Å². The number of carbonyl (C=O) groups excluding carboxylic acids is 2. The third kappa shape index (κ3) is 3.75. The van der Waals surface area contributed by atoms with Crippen LogP contribution in [0.4, 0.5) is 0 Å². The molecule has 0 aromatic heterocycles. The first kappa shape index (κ1) is 15.8. The van der Waals surface area contributed by atoms with Crippen LogP contribution in [0.2, 0.25) is 0 Å². The Balaban J connectivity index is 1.87. The topological polar surface area (TPSA) is 58.6 Å². The van der Waals surface area contributed by atoms with Gasteiger partial charge in [-0.05, 0) is 38.1 Å². The second-order valence-electron chi connectivity index (χ2n) is 5.41. The maximum atomic E-state index is 12.3. The lowest BCUT2D eigenvalue weighted by molar-refractivity contribution is -0.149. The highest BCUT2D eigenvalue weighted by atomic mass is 79.9. The first-order chi connectivity index (χ1) is 9.91. The summed E-state index contributed by atoms with van der Waals surface area (Å²) in [5.41, 5.74) is -0.799. The summed E-state index contributed by atoms with van der Waals surface area (Å²) < 4.78 is 6.53. The fourth-order valence-electron chi connectivity index (χ4n) is 2.26. The zero-order valence-corrected chi connectivity index (χ0v) is 13.8. The lowest BCUT2D eigenvalue weighted by Crippen LogP contribution is -2.63. The highest BCUT2D eigenvalue weighted by Gasteiger charge is 2.39. The Bertz CT molecular complexity index is 528. The van der Waals surface area contributed by atoms with E-state index in [2.05, 4.69) is 21.2 Å². The number of carbonyl (C=O) groups is 2. The van der Waals surface area contributed by atoms with Gasteiger partial charge in [0.1, 0.15) is 11.3 Å². The van der Waals surface area contributed by atoms with E-state index in [0.29, 0.717) is 19.7 Å². The van der Waals surface area contributed by atoms with E-state index >= 15 is 0 Å². The Morgan fingerprint density at radius 3 is 2.71 bits per heavy atom. The summed E-state index contributed by atoms with van der Waals surface area (Å²) in [7, 11) is 0. The SMILES string of the molecule is CC1(C)C(=O)NCCN1C(=O)CCOc1ccc(Br)cc1. The third-order valence-electron chi connectivity index (χ3n) is 3.55. The van der Waals surface area contributed by atoms with Crippen molar-refractivity contribution in [2.75, 3.05) is 19.7 Å². The average Bonchev–Trinajstić information content (AvgIpc) is 2.44. The molecular formula is C15H19BrN2O3. The van der Waals surface area contributed by atoms with Crippen LogP contribution in [0.5, 0.6) is 5.75 Å². The molecule has 1 N–H and O–H groups in total. The summed E-state index contributed by atoms with van der Waals surface area (Å²) in [6.45, 7) is 4.86. The zero-order chi connectivity index (χ0) is 15.5. The standard InChI is InChI=1S/C15H19BrN2O3/c1-15(2)14(20)17-8-9-18(15)13(19)7-10-21-12-5-3-11(16)4-6-12/h3-6H,7-10H2,1-2H3,(H,17,20). The molecule has 1 aromatic carbocycles. The van der Waals surface area contributed by atoms with Gasteiger partial charge in [-0.25, -0.2) is 0 Å². The molecule has 0 aliphatic carbocycles. The lowest BCUT2D eigenvalue weighted by atomic mass is 9.98. The van der Waals surface area contributed by atoms with Crippen molar-refractivity contribution in [3.63, 3.8) is 0 Å². The normalized spacial score (nSPS) is 17.3. The van der Waals surface area contributed by atoms with Gasteiger partial charge in [-0.1, -0.05) is 15.9 Å². The highest BCUT2D eigenvalue weighted by molar-refractivity contribution is 9.10. The molecule has 2 amide bonds. The number of amides is 2. The Kier molecular flexibility index (Phi) is 4.88. The van der Waals surface area contributed by atoms with Crippen LogP contribution in [-0.2, 0) is 9.59 Å². The van der Waals surface area contributed by atoms with Crippen LogP contribution in [0.1, 0.15) is 20.3 Å². The number of halogens is 1. The molecule has 1 aliphatic rings. The minimum Gasteiger partial charge on any atom is -0.493 e. The number of nitrogens with zero attached hydrogens (tertiary/aromatic N) is 1. The molecule has 21 heavy (non-hydrogen) atoms. The van der Waals surface area contributed by atoms with Crippen molar-refractivity contribution in [2.24, 2.45) is 0 Å². The van der Waals surface area contributed by atoms with Crippen LogP contribution in [0.25, 0.3) is 0 Å². The van der Waals surface area contributed by atoms with Crippen molar-refractivity contribution in [2.45, 2.75) is 25.8 Å². The Morgan fingerprint density at radius 1 is 1.38 bits per heavy atom. The highest BCUT2D eigenvalue weighted by Crippen LogP contribution is 2.19. The van der Waals surface area contributed by atoms with Crippen LogP contribution >= 0.6 is 15.9 Å². The smallest absolute Gasteiger partial charge is 0.245 e. The molecule has 0 radical (unpaired) electrons. The molecule has 0 unspecified atom stereocenters. The van der Waals surface area contributed by atoms with E-state index in [1.165, 1.54) is 0 Å². The van der Waals surface area contributed by atoms with Crippen LogP contribution < -0.4 is 10.1 Å². The number of nitrogens with one attached hydrogen (secondary N) is 1. The van der Waals surface area contributed by atoms with Gasteiger partial charge in [0.25, 0.3) is 0 Å². The number of rotatable bonds is 4. The summed E-state index contributed by atoms with van der Waals surface area (Å²) in [5, 5.41) is 2.78. The molecule has 1 fully saturated rings. The van der Waals surface area contributed by atoms with Gasteiger partial charge in [0.15, 0.2) is 0 Å². The Morgan fingerprint density at radius 2 is 2.05 bits per heavy atom. The maximum absolute atomic E-state index is 12.3. The minimum atomic E-state index is -0.799. The van der Waals surface area contributed by atoms with Gasteiger partial charge in [0.05, 0.1) is 13.0 Å². The van der Waals surface area contributed by atoms with E-state index in [4.69, 9.17) is 4.74 Å². The van der Waals surface area contributed by atoms with Crippen molar-refractivity contribution < 1.29 is 14.3 Å². The molecule has 5 nitrogen and oxygen atoms in total. The zero-order valence-electron chi connectivity index (χ0n) is 12.2. The largest absolute Gasteiger partial charge is 0.493 e. The number of ether oxygens (including phenoxy) is 1. The van der Waals surface area contributed by atoms with E-state index in [1.807, 2.05) is 24.3 Å². The fraction of sp³-hybridized carbons (Fsp3) is 0.467. The number of hydrogen-bond donors (Lipinski definition) is 1. The Labute approximate surface area is 132 Å². The molecular weight excluding hydrogens is 336 g/mol. The summed E-state index contributed by atoms with van der Waals surface area (Å²) >= 11 is 3.35. The number of benzene rings is 1. The van der Waals surface area contributed by atoms with Crippen LogP contribution in [-0.4, -0.2) is 41.9 Å². The van der Waals surface area contributed by atoms with Gasteiger partial charge in [-0.3, -0.25) is 9.59 Å². The van der Waals surface area contributed by atoms with Crippen LogP contribution in [0, 0.1) is 0 Å². The summed E-state index contributed by atoms with van der Waals surface area (Å²) in [6.07, 6.45) is 0.257. The lowest BCUT2D eigenvalue weighted by Gasteiger charge is -2.41. The molecule has 2 rings (SSSR count). The molecule has 0 spiro atoms. The summed E-state index contributed by atoms with van der Waals surface area (Å²) in [5.74, 6) is 0.546. The average molecular weight is 355 g/mol. The molecule has 1 heterocycles. The predicted molar refractivity (Wildman–Crippen MR) is 83.1 cm³/mol. The minimum absolute atomic E-state index is 0.0630. The Hall–Kier alpha value is -1.56. The van der Waals surface area contributed by atoms with Gasteiger partial charge in [-0.2, -0.15) is 0 Å². The van der Waals surface area contributed by atoms with E-state index in [1.54, 1.807) is 18.7 Å². The quantitative estimate of drug-likeness (QED) is 0.898. The number of hydrogen-bond acceptors (Lipinski definition) is 3. The summed E-state index contributed by atoms with van der Waals surface area (Å²) in [4.78, 5) is 25.7. The van der Waals surface area contributed by atoms with Crippen LogP contribution in [0.3, 0.4) is 0 Å². The second kappa shape index (κ2) is 6.47. The van der Waals surface area contributed by atoms with Gasteiger partial charge in [0, 0.05) is 17.6 Å². The van der Waals surface area contributed by atoms with Crippen LogP contribution in [0.15, 0.2) is 28.7 Å². The summed E-state index contributed by atoms with van der Waals surface area (Å²) in [6, 6.07) is 7.45.